The Morgan fingerprint density at radius 2 is 2.00 bits per heavy atom. The van der Waals surface area contributed by atoms with E-state index in [-0.39, 0.29) is 5.91 Å². The zero-order chi connectivity index (χ0) is 11.5. The predicted molar refractivity (Wildman–Crippen MR) is 63.1 cm³/mol. The van der Waals surface area contributed by atoms with Gasteiger partial charge in [-0.05, 0) is 24.6 Å². The Kier molecular flexibility index (Phi) is 2.72. The molecule has 4 nitrogen and oxygen atoms in total. The van der Waals surface area contributed by atoms with Crippen LogP contribution in [0.15, 0.2) is 30.5 Å². The van der Waals surface area contributed by atoms with E-state index in [4.69, 9.17) is 0 Å². The van der Waals surface area contributed by atoms with Gasteiger partial charge < -0.3 is 10.3 Å². The summed E-state index contributed by atoms with van der Waals surface area (Å²) in [6.45, 7) is 3.40. The molecule has 0 saturated carbocycles. The van der Waals surface area contributed by atoms with Gasteiger partial charge in [0, 0.05) is 12.6 Å². The van der Waals surface area contributed by atoms with Crippen molar-refractivity contribution in [2.75, 3.05) is 5.32 Å². The number of aromatic amines is 1. The molecule has 0 unspecified atom stereocenters. The molecule has 0 spiro atoms. The second kappa shape index (κ2) is 4.18. The summed E-state index contributed by atoms with van der Waals surface area (Å²) in [4.78, 5) is 18.1. The van der Waals surface area contributed by atoms with E-state index in [0.717, 1.165) is 22.8 Å². The van der Waals surface area contributed by atoms with E-state index in [1.165, 1.54) is 6.92 Å². The highest BCUT2D eigenvalue weighted by Gasteiger charge is 2.01. The fourth-order valence-corrected chi connectivity index (χ4v) is 1.50. The van der Waals surface area contributed by atoms with Crippen LogP contribution in [0.4, 0.5) is 5.69 Å². The first-order valence-corrected chi connectivity index (χ1v) is 5.05. The van der Waals surface area contributed by atoms with Gasteiger partial charge in [-0.2, -0.15) is 0 Å². The van der Waals surface area contributed by atoms with Crippen LogP contribution in [-0.4, -0.2) is 15.9 Å². The van der Waals surface area contributed by atoms with Crippen molar-refractivity contribution in [3.8, 4) is 11.3 Å². The Morgan fingerprint density at radius 1 is 1.31 bits per heavy atom. The first-order chi connectivity index (χ1) is 7.65. The minimum Gasteiger partial charge on any atom is -0.342 e. The molecule has 1 heterocycles. The highest BCUT2D eigenvalue weighted by Crippen LogP contribution is 2.19. The monoisotopic (exact) mass is 215 g/mol. The molecule has 82 valence electrons. The summed E-state index contributed by atoms with van der Waals surface area (Å²) in [5.41, 5.74) is 2.83. The van der Waals surface area contributed by atoms with Crippen LogP contribution in [0.25, 0.3) is 11.3 Å². The zero-order valence-electron chi connectivity index (χ0n) is 9.24. The molecule has 0 atom stereocenters. The van der Waals surface area contributed by atoms with Gasteiger partial charge in [-0.15, -0.1) is 0 Å². The molecule has 0 aliphatic heterocycles. The molecule has 0 fully saturated rings. The number of nitrogens with zero attached hydrogens (tertiary/aromatic N) is 1. The van der Waals surface area contributed by atoms with Crippen molar-refractivity contribution in [2.45, 2.75) is 13.8 Å². The van der Waals surface area contributed by atoms with Crippen molar-refractivity contribution in [3.63, 3.8) is 0 Å². The quantitative estimate of drug-likeness (QED) is 0.807. The number of aromatic nitrogens is 2. The van der Waals surface area contributed by atoms with Gasteiger partial charge in [0.25, 0.3) is 0 Å². The standard InChI is InChI=1S/C12H13N3O/c1-8-13-7-12(14-8)10-3-5-11(6-4-10)15-9(2)16/h3-7H,1-2H3,(H,13,14)(H,15,16). The van der Waals surface area contributed by atoms with Gasteiger partial charge in [-0.25, -0.2) is 4.98 Å². The number of hydrogen-bond acceptors (Lipinski definition) is 2. The van der Waals surface area contributed by atoms with E-state index in [1.54, 1.807) is 6.20 Å². The van der Waals surface area contributed by atoms with Crippen molar-refractivity contribution in [3.05, 3.63) is 36.3 Å². The lowest BCUT2D eigenvalue weighted by Gasteiger charge is -2.02. The number of rotatable bonds is 2. The number of amides is 1. The van der Waals surface area contributed by atoms with E-state index < -0.39 is 0 Å². The van der Waals surface area contributed by atoms with Crippen LogP contribution in [0, 0.1) is 6.92 Å². The Hall–Kier alpha value is -2.10. The number of carbonyl (C=O) groups excluding carboxylic acids is 1. The SMILES string of the molecule is CC(=O)Nc1ccc(-c2cnc(C)[nH]2)cc1. The summed E-state index contributed by atoms with van der Waals surface area (Å²) in [6.07, 6.45) is 1.79. The second-order valence-corrected chi connectivity index (χ2v) is 3.64. The molecule has 1 aromatic carbocycles. The molecule has 4 heteroatoms. The molecule has 0 bridgehead atoms. The van der Waals surface area contributed by atoms with Gasteiger partial charge in [-0.1, -0.05) is 12.1 Å². The third-order valence-corrected chi connectivity index (χ3v) is 2.22. The summed E-state index contributed by atoms with van der Waals surface area (Å²) in [7, 11) is 0. The average Bonchev–Trinajstić information content (AvgIpc) is 2.65. The smallest absolute Gasteiger partial charge is 0.221 e. The van der Waals surface area contributed by atoms with Gasteiger partial charge in [0.15, 0.2) is 0 Å². The third-order valence-electron chi connectivity index (χ3n) is 2.22. The normalized spacial score (nSPS) is 10.1. The Bertz CT molecular complexity index is 499. The molecular formula is C12H13N3O. The predicted octanol–water partition coefficient (Wildman–Crippen LogP) is 2.34. The van der Waals surface area contributed by atoms with Gasteiger partial charge in [0.1, 0.15) is 5.82 Å². The van der Waals surface area contributed by atoms with Crippen molar-refractivity contribution >= 4 is 11.6 Å². The van der Waals surface area contributed by atoms with Crippen molar-refractivity contribution in [2.24, 2.45) is 0 Å². The summed E-state index contributed by atoms with van der Waals surface area (Å²) in [5, 5.41) is 2.72. The van der Waals surface area contributed by atoms with Crippen molar-refractivity contribution in [1.29, 1.82) is 0 Å². The Morgan fingerprint density at radius 3 is 2.50 bits per heavy atom. The number of anilines is 1. The topological polar surface area (TPSA) is 57.8 Å². The largest absolute Gasteiger partial charge is 0.342 e. The lowest BCUT2D eigenvalue weighted by Crippen LogP contribution is -2.05. The molecule has 0 aliphatic carbocycles. The molecule has 2 aromatic rings. The van der Waals surface area contributed by atoms with Gasteiger partial charge in [-0.3, -0.25) is 4.79 Å². The highest BCUT2D eigenvalue weighted by molar-refractivity contribution is 5.88. The van der Waals surface area contributed by atoms with Gasteiger partial charge in [0.05, 0.1) is 11.9 Å². The molecule has 2 N–H and O–H groups in total. The molecule has 1 aromatic heterocycles. The van der Waals surface area contributed by atoms with Crippen LogP contribution >= 0.6 is 0 Å². The molecule has 0 saturated heterocycles. The first-order valence-electron chi connectivity index (χ1n) is 5.05. The van der Waals surface area contributed by atoms with E-state index in [2.05, 4.69) is 15.3 Å². The Balaban J connectivity index is 2.22. The van der Waals surface area contributed by atoms with Crippen LogP contribution in [-0.2, 0) is 4.79 Å². The maximum Gasteiger partial charge on any atom is 0.221 e. The maximum absolute atomic E-state index is 10.8. The van der Waals surface area contributed by atoms with Crippen LogP contribution < -0.4 is 5.32 Å². The number of H-pyrrole nitrogens is 1. The Labute approximate surface area is 93.7 Å². The van der Waals surface area contributed by atoms with E-state index in [9.17, 15) is 4.79 Å². The number of carbonyl (C=O) groups is 1. The van der Waals surface area contributed by atoms with E-state index in [1.807, 2.05) is 31.2 Å². The van der Waals surface area contributed by atoms with Crippen molar-refractivity contribution in [1.82, 2.24) is 9.97 Å². The molecule has 16 heavy (non-hydrogen) atoms. The van der Waals surface area contributed by atoms with Crippen LogP contribution in [0.3, 0.4) is 0 Å². The average molecular weight is 215 g/mol. The number of nitrogens with one attached hydrogen (secondary N) is 2. The fraction of sp³-hybridized carbons (Fsp3) is 0.167. The first kappa shape index (κ1) is 10.4. The highest BCUT2D eigenvalue weighted by atomic mass is 16.1. The van der Waals surface area contributed by atoms with Crippen LogP contribution in [0.2, 0.25) is 0 Å². The summed E-state index contributed by atoms with van der Waals surface area (Å²) < 4.78 is 0. The lowest BCUT2D eigenvalue weighted by atomic mass is 10.1. The summed E-state index contributed by atoms with van der Waals surface area (Å²) in [6, 6.07) is 7.62. The third kappa shape index (κ3) is 2.28. The van der Waals surface area contributed by atoms with Crippen LogP contribution in [0.5, 0.6) is 0 Å². The number of benzene rings is 1. The molecule has 1 amide bonds. The number of hydrogen-bond donors (Lipinski definition) is 2. The molecule has 0 radical (unpaired) electrons. The van der Waals surface area contributed by atoms with Gasteiger partial charge >= 0.3 is 0 Å². The second-order valence-electron chi connectivity index (χ2n) is 3.64. The summed E-state index contributed by atoms with van der Waals surface area (Å²) in [5.74, 6) is 0.825. The molecular weight excluding hydrogens is 202 g/mol. The van der Waals surface area contributed by atoms with E-state index >= 15 is 0 Å². The maximum atomic E-state index is 10.8. The minimum atomic E-state index is -0.0647. The zero-order valence-corrected chi connectivity index (χ0v) is 9.24. The van der Waals surface area contributed by atoms with E-state index in [0.29, 0.717) is 0 Å². The lowest BCUT2D eigenvalue weighted by molar-refractivity contribution is -0.114. The van der Waals surface area contributed by atoms with Crippen LogP contribution in [0.1, 0.15) is 12.7 Å². The molecule has 0 aliphatic rings. The van der Waals surface area contributed by atoms with Crippen molar-refractivity contribution < 1.29 is 4.79 Å². The number of imidazole rings is 1. The molecule has 2 rings (SSSR count). The number of aryl methyl sites for hydroxylation is 1. The summed E-state index contributed by atoms with van der Waals surface area (Å²) >= 11 is 0. The fourth-order valence-electron chi connectivity index (χ4n) is 1.50. The minimum absolute atomic E-state index is 0.0647. The van der Waals surface area contributed by atoms with Gasteiger partial charge in [0.2, 0.25) is 5.91 Å².